The Labute approximate surface area is 89.0 Å². The Morgan fingerprint density at radius 2 is 2.13 bits per heavy atom. The first-order chi connectivity index (χ1) is 7.02. The van der Waals surface area contributed by atoms with Crippen LogP contribution in [0.25, 0.3) is 0 Å². The monoisotopic (exact) mass is 208 g/mol. The van der Waals surface area contributed by atoms with Crippen LogP contribution >= 0.6 is 0 Å². The van der Waals surface area contributed by atoms with E-state index < -0.39 is 0 Å². The van der Waals surface area contributed by atoms with Crippen LogP contribution in [0.3, 0.4) is 0 Å². The third-order valence-corrected chi connectivity index (χ3v) is 3.80. The molecule has 0 aromatic rings. The summed E-state index contributed by atoms with van der Waals surface area (Å²) in [6, 6.07) is 0. The molecule has 0 saturated heterocycles. The molecule has 15 heavy (non-hydrogen) atoms. The molecule has 0 heterocycles. The van der Waals surface area contributed by atoms with Gasteiger partial charge in [0.25, 0.3) is 5.70 Å². The number of hydrogen-bond donors (Lipinski definition) is 1. The molecule has 4 heteroatoms. The highest BCUT2D eigenvalue weighted by atomic mass is 16.6. The third-order valence-electron chi connectivity index (χ3n) is 3.80. The molecule has 4 atom stereocenters. The van der Waals surface area contributed by atoms with Crippen molar-refractivity contribution in [1.29, 1.82) is 0 Å². The lowest BCUT2D eigenvalue weighted by atomic mass is 9.68. The van der Waals surface area contributed by atoms with E-state index in [0.29, 0.717) is 17.5 Å². The van der Waals surface area contributed by atoms with Crippen LogP contribution in [0.4, 0.5) is 0 Å². The molecule has 0 fully saturated rings. The summed E-state index contributed by atoms with van der Waals surface area (Å²) in [7, 11) is 0. The molecule has 0 radical (unpaired) electrons. The lowest BCUT2D eigenvalue weighted by Gasteiger charge is -2.36. The number of allylic oxidation sites excluding steroid dienone is 4. The Morgan fingerprint density at radius 3 is 2.53 bits per heavy atom. The smallest absolute Gasteiger partial charge is 0.268 e. The van der Waals surface area contributed by atoms with E-state index in [1.807, 2.05) is 6.92 Å². The zero-order chi connectivity index (χ0) is 11.2. The fraction of sp³-hybridized carbons (Fsp3) is 0.636. The zero-order valence-electron chi connectivity index (χ0n) is 9.01. The van der Waals surface area contributed by atoms with Crippen molar-refractivity contribution in [3.05, 3.63) is 33.7 Å². The van der Waals surface area contributed by atoms with Crippen molar-refractivity contribution >= 4 is 0 Å². The van der Waals surface area contributed by atoms with Crippen LogP contribution in [0, 0.1) is 33.8 Å². The first-order valence-corrected chi connectivity index (χ1v) is 5.34. The summed E-state index contributed by atoms with van der Waals surface area (Å²) in [5.74, 6) is 1.29. The fourth-order valence-corrected chi connectivity index (χ4v) is 2.44. The summed E-state index contributed by atoms with van der Waals surface area (Å²) in [6.07, 6.45) is 5.16. The maximum atomic E-state index is 10.8. The van der Waals surface area contributed by atoms with Crippen molar-refractivity contribution in [3.63, 3.8) is 0 Å². The molecule has 0 aromatic carbocycles. The average Bonchev–Trinajstić information content (AvgIpc) is 2.19. The maximum Gasteiger partial charge on any atom is 0.268 e. The highest BCUT2D eigenvalue weighted by molar-refractivity contribution is 5.25. The predicted octanol–water partition coefficient (Wildman–Crippen LogP) is 1.91. The van der Waals surface area contributed by atoms with Crippen molar-refractivity contribution in [2.45, 2.75) is 20.3 Å². The van der Waals surface area contributed by atoms with E-state index in [9.17, 15) is 10.1 Å². The molecule has 0 bridgehead atoms. The number of rotatable bonds is 3. The third kappa shape index (κ3) is 1.44. The van der Waals surface area contributed by atoms with Gasteiger partial charge in [0.2, 0.25) is 0 Å². The topological polar surface area (TPSA) is 69.2 Å². The highest BCUT2D eigenvalue weighted by Crippen LogP contribution is 2.44. The molecule has 0 aliphatic heterocycles. The summed E-state index contributed by atoms with van der Waals surface area (Å²) in [4.78, 5) is 10.5. The van der Waals surface area contributed by atoms with Gasteiger partial charge in [-0.15, -0.1) is 0 Å². The lowest BCUT2D eigenvalue weighted by Crippen LogP contribution is -2.39. The van der Waals surface area contributed by atoms with Crippen molar-refractivity contribution < 1.29 is 4.92 Å². The Morgan fingerprint density at radius 1 is 1.47 bits per heavy atom. The number of hydrogen-bond acceptors (Lipinski definition) is 3. The average molecular weight is 208 g/mol. The molecule has 4 nitrogen and oxygen atoms in total. The molecular formula is C11H16N2O2. The van der Waals surface area contributed by atoms with E-state index in [1.54, 1.807) is 0 Å². The van der Waals surface area contributed by atoms with Gasteiger partial charge in [0.1, 0.15) is 0 Å². The fourth-order valence-electron chi connectivity index (χ4n) is 2.44. The molecule has 0 saturated carbocycles. The number of nitro groups is 1. The second kappa shape index (κ2) is 3.36. The minimum Gasteiger partial charge on any atom is -0.397 e. The van der Waals surface area contributed by atoms with Crippen LogP contribution in [0.5, 0.6) is 0 Å². The molecule has 0 spiro atoms. The second-order valence-electron chi connectivity index (χ2n) is 4.64. The number of nitrogens with two attached hydrogens (primary N) is 1. The summed E-state index contributed by atoms with van der Waals surface area (Å²) in [6.45, 7) is 4.12. The zero-order valence-corrected chi connectivity index (χ0v) is 9.01. The van der Waals surface area contributed by atoms with Gasteiger partial charge in [-0.3, -0.25) is 10.1 Å². The Hall–Kier alpha value is -1.32. The summed E-state index contributed by atoms with van der Waals surface area (Å²) >= 11 is 0. The van der Waals surface area contributed by atoms with Crippen molar-refractivity contribution in [2.24, 2.45) is 29.4 Å². The lowest BCUT2D eigenvalue weighted by molar-refractivity contribution is -0.443. The van der Waals surface area contributed by atoms with E-state index >= 15 is 0 Å². The van der Waals surface area contributed by atoms with Gasteiger partial charge in [-0.25, -0.2) is 0 Å². The molecule has 0 amide bonds. The van der Waals surface area contributed by atoms with Crippen LogP contribution in [0.1, 0.15) is 20.3 Å². The van der Waals surface area contributed by atoms with E-state index in [2.05, 4.69) is 19.1 Å². The van der Waals surface area contributed by atoms with E-state index in [4.69, 9.17) is 5.73 Å². The summed E-state index contributed by atoms with van der Waals surface area (Å²) in [5, 5.41) is 10.8. The minimum atomic E-state index is -0.312. The van der Waals surface area contributed by atoms with E-state index in [-0.39, 0.29) is 22.5 Å². The van der Waals surface area contributed by atoms with Crippen LogP contribution in [0.2, 0.25) is 0 Å². The highest BCUT2D eigenvalue weighted by Gasteiger charge is 2.46. The predicted molar refractivity (Wildman–Crippen MR) is 57.3 cm³/mol. The minimum absolute atomic E-state index is 0.0531. The Bertz CT molecular complexity index is 360. The molecular weight excluding hydrogens is 192 g/mol. The standard InChI is InChI=1S/C11H16N2O2/c1-6-3-4-8(6)5-9-7(2)10(12)11(9)13(14)15/h3-4,6-9H,5,12H2,1-2H3. The molecule has 2 rings (SSSR count). The largest absolute Gasteiger partial charge is 0.397 e. The Balaban J connectivity index is 2.06. The quantitative estimate of drug-likeness (QED) is 0.437. The maximum absolute atomic E-state index is 10.8. The SMILES string of the molecule is CC1C=CC1CC1C([N+](=O)[O-])=C(N)C1C. The van der Waals surface area contributed by atoms with Crippen LogP contribution < -0.4 is 5.73 Å². The molecule has 82 valence electrons. The number of nitrogens with zero attached hydrogens (tertiary/aromatic N) is 1. The first-order valence-electron chi connectivity index (χ1n) is 5.34. The molecule has 2 aliphatic carbocycles. The van der Waals surface area contributed by atoms with E-state index in [0.717, 1.165) is 6.42 Å². The second-order valence-corrected chi connectivity index (χ2v) is 4.64. The van der Waals surface area contributed by atoms with Crippen molar-refractivity contribution in [2.75, 3.05) is 0 Å². The van der Waals surface area contributed by atoms with Crippen LogP contribution in [0.15, 0.2) is 23.5 Å². The van der Waals surface area contributed by atoms with Crippen molar-refractivity contribution in [3.8, 4) is 0 Å². The van der Waals surface area contributed by atoms with Crippen LogP contribution in [-0.4, -0.2) is 4.92 Å². The normalized spacial score (nSPS) is 38.5. The van der Waals surface area contributed by atoms with Crippen molar-refractivity contribution in [1.82, 2.24) is 0 Å². The first kappa shape index (κ1) is 10.2. The molecule has 0 aromatic heterocycles. The van der Waals surface area contributed by atoms with Gasteiger partial charge in [-0.2, -0.15) is 0 Å². The Kier molecular flexibility index (Phi) is 2.29. The molecule has 2 aliphatic rings. The van der Waals surface area contributed by atoms with Crippen LogP contribution in [-0.2, 0) is 0 Å². The van der Waals surface area contributed by atoms with Gasteiger partial charge in [-0.05, 0) is 18.3 Å². The van der Waals surface area contributed by atoms with Gasteiger partial charge < -0.3 is 5.73 Å². The van der Waals surface area contributed by atoms with Gasteiger partial charge in [0.05, 0.1) is 16.5 Å². The molecule has 2 N–H and O–H groups in total. The van der Waals surface area contributed by atoms with Gasteiger partial charge in [0, 0.05) is 5.92 Å². The van der Waals surface area contributed by atoms with Gasteiger partial charge >= 0.3 is 0 Å². The summed E-state index contributed by atoms with van der Waals surface area (Å²) < 4.78 is 0. The van der Waals surface area contributed by atoms with E-state index in [1.165, 1.54) is 0 Å². The van der Waals surface area contributed by atoms with Gasteiger partial charge in [0.15, 0.2) is 0 Å². The van der Waals surface area contributed by atoms with Gasteiger partial charge in [-0.1, -0.05) is 26.0 Å². The molecule has 4 unspecified atom stereocenters. The summed E-state index contributed by atoms with van der Waals surface area (Å²) in [5.41, 5.74) is 6.38.